The van der Waals surface area contributed by atoms with Crippen molar-refractivity contribution in [1.29, 1.82) is 0 Å². The maximum absolute atomic E-state index is 12.9. The SMILES string of the molecule is Cl.N[C@H](c1cccc(OC(F)(F)C(F)F)c1)C1CCCCC1. The molecule has 2 N–H and O–H groups in total. The molecule has 0 spiro atoms. The van der Waals surface area contributed by atoms with Crippen LogP contribution in [0.25, 0.3) is 0 Å². The molecule has 126 valence electrons. The summed E-state index contributed by atoms with van der Waals surface area (Å²) in [6.45, 7) is 0. The fourth-order valence-corrected chi connectivity index (χ4v) is 2.75. The van der Waals surface area contributed by atoms with Crippen LogP contribution in [0.2, 0.25) is 0 Å². The van der Waals surface area contributed by atoms with E-state index < -0.39 is 12.5 Å². The van der Waals surface area contributed by atoms with Crippen molar-refractivity contribution >= 4 is 12.4 Å². The highest BCUT2D eigenvalue weighted by molar-refractivity contribution is 5.85. The zero-order valence-corrected chi connectivity index (χ0v) is 12.8. The van der Waals surface area contributed by atoms with Gasteiger partial charge in [0.1, 0.15) is 5.75 Å². The number of halogens is 5. The molecule has 22 heavy (non-hydrogen) atoms. The highest BCUT2D eigenvalue weighted by Crippen LogP contribution is 2.35. The molecule has 0 unspecified atom stereocenters. The van der Waals surface area contributed by atoms with E-state index in [1.165, 1.54) is 24.6 Å². The van der Waals surface area contributed by atoms with Crippen LogP contribution >= 0.6 is 12.4 Å². The fraction of sp³-hybridized carbons (Fsp3) is 0.600. The van der Waals surface area contributed by atoms with Crippen molar-refractivity contribution in [3.63, 3.8) is 0 Å². The molecule has 0 bridgehead atoms. The van der Waals surface area contributed by atoms with Crippen molar-refractivity contribution < 1.29 is 22.3 Å². The van der Waals surface area contributed by atoms with E-state index in [9.17, 15) is 17.6 Å². The van der Waals surface area contributed by atoms with Gasteiger partial charge in [0, 0.05) is 6.04 Å². The molecule has 2 rings (SSSR count). The largest absolute Gasteiger partial charge is 0.461 e. The van der Waals surface area contributed by atoms with Crippen molar-refractivity contribution in [1.82, 2.24) is 0 Å². The van der Waals surface area contributed by atoms with Crippen LogP contribution in [0.4, 0.5) is 17.6 Å². The lowest BCUT2D eigenvalue weighted by Crippen LogP contribution is -2.33. The average Bonchev–Trinajstić information content (AvgIpc) is 2.47. The van der Waals surface area contributed by atoms with Crippen molar-refractivity contribution in [2.24, 2.45) is 11.7 Å². The first-order valence-corrected chi connectivity index (χ1v) is 7.10. The minimum Gasteiger partial charge on any atom is -0.428 e. The molecule has 2 nitrogen and oxygen atoms in total. The summed E-state index contributed by atoms with van der Waals surface area (Å²) in [6.07, 6.45) is -2.96. The predicted molar refractivity (Wildman–Crippen MR) is 78.8 cm³/mol. The quantitative estimate of drug-likeness (QED) is 0.771. The normalized spacial score (nSPS) is 17.9. The van der Waals surface area contributed by atoms with E-state index in [0.29, 0.717) is 11.5 Å². The average molecular weight is 342 g/mol. The smallest absolute Gasteiger partial charge is 0.428 e. The number of alkyl halides is 4. The number of rotatable bonds is 5. The molecular formula is C15H20ClF4NO. The summed E-state index contributed by atoms with van der Waals surface area (Å²) >= 11 is 0. The molecular weight excluding hydrogens is 322 g/mol. The summed E-state index contributed by atoms with van der Waals surface area (Å²) in [6, 6.07) is 5.49. The van der Waals surface area contributed by atoms with Crippen molar-refractivity contribution in [3.05, 3.63) is 29.8 Å². The summed E-state index contributed by atoms with van der Waals surface area (Å²) in [5.74, 6) is 0.00803. The van der Waals surface area contributed by atoms with Gasteiger partial charge in [-0.15, -0.1) is 12.4 Å². The van der Waals surface area contributed by atoms with Gasteiger partial charge in [0.15, 0.2) is 0 Å². The molecule has 0 radical (unpaired) electrons. The van der Waals surface area contributed by atoms with Gasteiger partial charge in [-0.3, -0.25) is 0 Å². The maximum atomic E-state index is 12.9. The second-order valence-electron chi connectivity index (χ2n) is 5.46. The van der Waals surface area contributed by atoms with Crippen molar-refractivity contribution in [3.8, 4) is 5.75 Å². The third-order valence-electron chi connectivity index (χ3n) is 3.91. The van der Waals surface area contributed by atoms with Crippen molar-refractivity contribution in [2.75, 3.05) is 0 Å². The van der Waals surface area contributed by atoms with Gasteiger partial charge in [-0.2, -0.15) is 17.6 Å². The predicted octanol–water partition coefficient (Wildman–Crippen LogP) is 4.93. The zero-order valence-electron chi connectivity index (χ0n) is 12.0. The summed E-state index contributed by atoms with van der Waals surface area (Å²) in [7, 11) is 0. The lowest BCUT2D eigenvalue weighted by atomic mass is 9.81. The van der Waals surface area contributed by atoms with E-state index in [-0.39, 0.29) is 24.2 Å². The lowest BCUT2D eigenvalue weighted by Gasteiger charge is -2.28. The van der Waals surface area contributed by atoms with Gasteiger partial charge in [-0.1, -0.05) is 31.4 Å². The minimum absolute atomic E-state index is 0. The van der Waals surface area contributed by atoms with E-state index in [0.717, 1.165) is 25.7 Å². The Balaban J connectivity index is 0.00000242. The Bertz CT molecular complexity index is 467. The number of nitrogens with two attached hydrogens (primary N) is 1. The molecule has 0 saturated heterocycles. The Morgan fingerprint density at radius 1 is 1.14 bits per heavy atom. The van der Waals surface area contributed by atoms with Crippen LogP contribution in [0.1, 0.15) is 43.7 Å². The minimum atomic E-state index is -4.49. The molecule has 1 aromatic carbocycles. The van der Waals surface area contributed by atoms with Gasteiger partial charge in [-0.25, -0.2) is 0 Å². The van der Waals surface area contributed by atoms with Gasteiger partial charge in [-0.05, 0) is 36.5 Å². The number of ether oxygens (including phenoxy) is 1. The Hall–Kier alpha value is -1.01. The molecule has 1 fully saturated rings. The Kier molecular flexibility index (Phi) is 6.94. The van der Waals surface area contributed by atoms with Crippen LogP contribution < -0.4 is 10.5 Å². The highest BCUT2D eigenvalue weighted by atomic mass is 35.5. The third kappa shape index (κ3) is 4.74. The summed E-state index contributed by atoms with van der Waals surface area (Å²) in [5, 5.41) is 0. The standard InChI is InChI=1S/C15H19F4NO.ClH/c16-14(17)15(18,19)21-12-8-4-7-11(9-12)13(20)10-5-2-1-3-6-10;/h4,7-10,13-14H,1-3,5-6,20H2;1H/t13-;/m0./s1. The van der Waals surface area contributed by atoms with E-state index in [1.807, 2.05) is 0 Å². The third-order valence-corrected chi connectivity index (χ3v) is 3.91. The van der Waals surface area contributed by atoms with Gasteiger partial charge in [0.05, 0.1) is 0 Å². The van der Waals surface area contributed by atoms with E-state index >= 15 is 0 Å². The van der Waals surface area contributed by atoms with E-state index in [1.54, 1.807) is 6.07 Å². The second-order valence-corrected chi connectivity index (χ2v) is 5.46. The Labute approximate surface area is 133 Å². The van der Waals surface area contributed by atoms with Crippen molar-refractivity contribution in [2.45, 2.75) is 50.7 Å². The topological polar surface area (TPSA) is 35.2 Å². The summed E-state index contributed by atoms with van der Waals surface area (Å²) < 4.78 is 54.2. The van der Waals surface area contributed by atoms with Crippen LogP contribution in [-0.4, -0.2) is 12.5 Å². The van der Waals surface area contributed by atoms with E-state index in [2.05, 4.69) is 4.74 Å². The lowest BCUT2D eigenvalue weighted by molar-refractivity contribution is -0.253. The Morgan fingerprint density at radius 3 is 2.36 bits per heavy atom. The zero-order chi connectivity index (χ0) is 15.5. The van der Waals surface area contributed by atoms with Crippen LogP contribution in [-0.2, 0) is 0 Å². The van der Waals surface area contributed by atoms with Crippen LogP contribution in [0, 0.1) is 5.92 Å². The molecule has 0 heterocycles. The van der Waals surface area contributed by atoms with Crippen LogP contribution in [0.3, 0.4) is 0 Å². The molecule has 1 saturated carbocycles. The van der Waals surface area contributed by atoms with Gasteiger partial charge in [0.2, 0.25) is 0 Å². The Morgan fingerprint density at radius 2 is 1.77 bits per heavy atom. The molecule has 0 aromatic heterocycles. The number of hydrogen-bond acceptors (Lipinski definition) is 2. The molecule has 1 aromatic rings. The first kappa shape index (κ1) is 19.0. The first-order chi connectivity index (χ1) is 9.90. The monoisotopic (exact) mass is 341 g/mol. The fourth-order valence-electron chi connectivity index (χ4n) is 2.75. The molecule has 0 amide bonds. The highest BCUT2D eigenvalue weighted by Gasteiger charge is 2.44. The van der Waals surface area contributed by atoms with Crippen LogP contribution in [0.15, 0.2) is 24.3 Å². The molecule has 1 aliphatic carbocycles. The molecule has 7 heteroatoms. The first-order valence-electron chi connectivity index (χ1n) is 7.10. The number of hydrogen-bond donors (Lipinski definition) is 1. The maximum Gasteiger partial charge on any atom is 0.461 e. The van der Waals surface area contributed by atoms with Crippen LogP contribution in [0.5, 0.6) is 5.75 Å². The van der Waals surface area contributed by atoms with Gasteiger partial charge < -0.3 is 10.5 Å². The molecule has 1 aliphatic rings. The van der Waals surface area contributed by atoms with Gasteiger partial charge in [0.25, 0.3) is 0 Å². The molecule has 1 atom stereocenters. The molecule has 0 aliphatic heterocycles. The number of benzene rings is 1. The van der Waals surface area contributed by atoms with Gasteiger partial charge >= 0.3 is 12.5 Å². The second kappa shape index (κ2) is 8.02. The van der Waals surface area contributed by atoms with E-state index in [4.69, 9.17) is 5.73 Å². The summed E-state index contributed by atoms with van der Waals surface area (Å²) in [4.78, 5) is 0. The summed E-state index contributed by atoms with van der Waals surface area (Å²) in [5.41, 5.74) is 6.81.